The van der Waals surface area contributed by atoms with Gasteiger partial charge in [0.05, 0.1) is 17.6 Å². The second-order valence-electron chi connectivity index (χ2n) is 5.20. The quantitative estimate of drug-likeness (QED) is 0.650. The molecule has 0 aliphatic carbocycles. The van der Waals surface area contributed by atoms with Gasteiger partial charge in [0.2, 0.25) is 0 Å². The van der Waals surface area contributed by atoms with Crippen LogP contribution in [-0.4, -0.2) is 49.2 Å². The fraction of sp³-hybridized carbons (Fsp3) is 0.571. The molecule has 6 nitrogen and oxygen atoms in total. The summed E-state index contributed by atoms with van der Waals surface area (Å²) in [7, 11) is 2.08. The molecule has 0 saturated carbocycles. The van der Waals surface area contributed by atoms with Crippen LogP contribution in [0.5, 0.6) is 0 Å². The summed E-state index contributed by atoms with van der Waals surface area (Å²) < 4.78 is 5.67. The van der Waals surface area contributed by atoms with E-state index in [9.17, 15) is 10.1 Å². The topological polar surface area (TPSA) is 67.6 Å². The lowest BCUT2D eigenvalue weighted by Gasteiger charge is -2.30. The Bertz CT molecular complexity index is 479. The van der Waals surface area contributed by atoms with Gasteiger partial charge in [-0.15, -0.1) is 0 Å². The fourth-order valence-corrected chi connectivity index (χ4v) is 2.42. The monoisotopic (exact) mass is 279 g/mol. The van der Waals surface area contributed by atoms with Gasteiger partial charge < -0.3 is 15.0 Å². The molecule has 0 amide bonds. The van der Waals surface area contributed by atoms with E-state index in [2.05, 4.69) is 17.3 Å². The van der Waals surface area contributed by atoms with Crippen LogP contribution in [0.1, 0.15) is 11.1 Å². The Balaban J connectivity index is 1.88. The van der Waals surface area contributed by atoms with Gasteiger partial charge in [0.25, 0.3) is 5.69 Å². The van der Waals surface area contributed by atoms with Crippen molar-refractivity contribution in [3.8, 4) is 0 Å². The van der Waals surface area contributed by atoms with Crippen LogP contribution in [0.2, 0.25) is 0 Å². The standard InChI is InChI=1S/C14H21N3O3/c1-11-12(4-3-5-14(11)17(18)19)8-15-9-13-10-16(2)6-7-20-13/h3-5,13,15H,6-10H2,1-2H3. The number of nitrogens with one attached hydrogen (secondary N) is 1. The molecular formula is C14H21N3O3. The van der Waals surface area contributed by atoms with Gasteiger partial charge in [-0.25, -0.2) is 0 Å². The summed E-state index contributed by atoms with van der Waals surface area (Å²) in [5, 5.41) is 14.2. The molecule has 0 spiro atoms. The van der Waals surface area contributed by atoms with E-state index < -0.39 is 0 Å². The number of rotatable bonds is 5. The summed E-state index contributed by atoms with van der Waals surface area (Å²) in [5.74, 6) is 0. The molecule has 1 aromatic carbocycles. The molecular weight excluding hydrogens is 258 g/mol. The first-order valence-electron chi connectivity index (χ1n) is 6.81. The number of benzene rings is 1. The molecule has 6 heteroatoms. The molecule has 1 atom stereocenters. The van der Waals surface area contributed by atoms with Crippen LogP contribution in [0.4, 0.5) is 5.69 Å². The Morgan fingerprint density at radius 1 is 1.55 bits per heavy atom. The van der Waals surface area contributed by atoms with Gasteiger partial charge >= 0.3 is 0 Å². The second kappa shape index (κ2) is 6.78. The van der Waals surface area contributed by atoms with Gasteiger partial charge in [-0.3, -0.25) is 10.1 Å². The van der Waals surface area contributed by atoms with Gasteiger partial charge in [0, 0.05) is 37.8 Å². The molecule has 1 aliphatic heterocycles. The van der Waals surface area contributed by atoms with Crippen molar-refractivity contribution in [2.45, 2.75) is 19.6 Å². The highest BCUT2D eigenvalue weighted by atomic mass is 16.6. The fourth-order valence-electron chi connectivity index (χ4n) is 2.42. The molecule has 0 aromatic heterocycles. The molecule has 1 fully saturated rings. The lowest BCUT2D eigenvalue weighted by atomic mass is 10.1. The summed E-state index contributed by atoms with van der Waals surface area (Å²) in [5.41, 5.74) is 1.87. The first-order valence-corrected chi connectivity index (χ1v) is 6.81. The van der Waals surface area contributed by atoms with Crippen molar-refractivity contribution in [1.82, 2.24) is 10.2 Å². The van der Waals surface area contributed by atoms with Crippen molar-refractivity contribution < 1.29 is 9.66 Å². The summed E-state index contributed by atoms with van der Waals surface area (Å²) in [4.78, 5) is 12.8. The van der Waals surface area contributed by atoms with E-state index >= 15 is 0 Å². The van der Waals surface area contributed by atoms with E-state index in [4.69, 9.17) is 4.74 Å². The van der Waals surface area contributed by atoms with Crippen LogP contribution in [0.15, 0.2) is 18.2 Å². The molecule has 1 heterocycles. The zero-order valence-corrected chi connectivity index (χ0v) is 12.0. The average molecular weight is 279 g/mol. The van der Waals surface area contributed by atoms with Crippen LogP contribution >= 0.6 is 0 Å². The van der Waals surface area contributed by atoms with Crippen molar-refractivity contribution in [3.05, 3.63) is 39.4 Å². The van der Waals surface area contributed by atoms with Gasteiger partial charge in [-0.05, 0) is 19.5 Å². The maximum absolute atomic E-state index is 10.9. The number of hydrogen-bond donors (Lipinski definition) is 1. The molecule has 1 unspecified atom stereocenters. The second-order valence-corrected chi connectivity index (χ2v) is 5.20. The minimum absolute atomic E-state index is 0.179. The predicted octanol–water partition coefficient (Wildman–Crippen LogP) is 1.32. The molecule has 1 aliphatic rings. The summed E-state index contributed by atoms with van der Waals surface area (Å²) in [6.45, 7) is 5.82. The Hall–Kier alpha value is -1.50. The molecule has 110 valence electrons. The largest absolute Gasteiger partial charge is 0.374 e. The average Bonchev–Trinajstić information content (AvgIpc) is 2.40. The molecule has 1 aromatic rings. The summed E-state index contributed by atoms with van der Waals surface area (Å²) in [6.07, 6.45) is 0.188. The Labute approximate surface area is 118 Å². The van der Waals surface area contributed by atoms with Gasteiger partial charge in [-0.2, -0.15) is 0 Å². The maximum Gasteiger partial charge on any atom is 0.272 e. The van der Waals surface area contributed by atoms with E-state index in [1.165, 1.54) is 6.07 Å². The Morgan fingerprint density at radius 3 is 3.05 bits per heavy atom. The van der Waals surface area contributed by atoms with Gasteiger partial charge in [-0.1, -0.05) is 12.1 Å². The third-order valence-corrected chi connectivity index (χ3v) is 3.64. The summed E-state index contributed by atoms with van der Waals surface area (Å²) >= 11 is 0. The number of nitro groups is 1. The highest BCUT2D eigenvalue weighted by molar-refractivity contribution is 5.44. The van der Waals surface area contributed by atoms with Crippen LogP contribution in [0.25, 0.3) is 0 Å². The zero-order valence-electron chi connectivity index (χ0n) is 12.0. The third-order valence-electron chi connectivity index (χ3n) is 3.64. The number of likely N-dealkylation sites (N-methyl/N-ethyl adjacent to an activating group) is 1. The van der Waals surface area contributed by atoms with Crippen molar-refractivity contribution in [2.24, 2.45) is 0 Å². The molecule has 2 rings (SSSR count). The van der Waals surface area contributed by atoms with Crippen LogP contribution < -0.4 is 5.32 Å². The molecule has 20 heavy (non-hydrogen) atoms. The maximum atomic E-state index is 10.9. The van der Waals surface area contributed by atoms with Gasteiger partial charge in [0.1, 0.15) is 0 Å². The van der Waals surface area contributed by atoms with Crippen LogP contribution in [0.3, 0.4) is 0 Å². The van der Waals surface area contributed by atoms with Crippen molar-refractivity contribution in [1.29, 1.82) is 0 Å². The first kappa shape index (κ1) is 14.9. The van der Waals surface area contributed by atoms with Crippen LogP contribution in [-0.2, 0) is 11.3 Å². The summed E-state index contributed by atoms with van der Waals surface area (Å²) in [6, 6.07) is 5.19. The van der Waals surface area contributed by atoms with E-state index in [0.29, 0.717) is 6.54 Å². The zero-order chi connectivity index (χ0) is 14.5. The van der Waals surface area contributed by atoms with E-state index in [1.807, 2.05) is 6.07 Å². The van der Waals surface area contributed by atoms with E-state index in [1.54, 1.807) is 13.0 Å². The van der Waals surface area contributed by atoms with Crippen LogP contribution in [0, 0.1) is 17.0 Å². The minimum Gasteiger partial charge on any atom is -0.374 e. The van der Waals surface area contributed by atoms with Crippen molar-refractivity contribution >= 4 is 5.69 Å². The van der Waals surface area contributed by atoms with E-state index in [-0.39, 0.29) is 16.7 Å². The van der Waals surface area contributed by atoms with Gasteiger partial charge in [0.15, 0.2) is 0 Å². The lowest BCUT2D eigenvalue weighted by molar-refractivity contribution is -0.385. The Kier molecular flexibility index (Phi) is 5.05. The third kappa shape index (κ3) is 3.75. The smallest absolute Gasteiger partial charge is 0.272 e. The Morgan fingerprint density at radius 2 is 2.35 bits per heavy atom. The molecule has 0 radical (unpaired) electrons. The lowest BCUT2D eigenvalue weighted by Crippen LogP contribution is -2.44. The number of ether oxygens (including phenoxy) is 1. The van der Waals surface area contributed by atoms with Crippen molar-refractivity contribution in [3.63, 3.8) is 0 Å². The first-order chi connectivity index (χ1) is 9.58. The number of hydrogen-bond acceptors (Lipinski definition) is 5. The predicted molar refractivity (Wildman–Crippen MR) is 76.8 cm³/mol. The van der Waals surface area contributed by atoms with E-state index in [0.717, 1.165) is 37.4 Å². The minimum atomic E-state index is -0.335. The highest BCUT2D eigenvalue weighted by Gasteiger charge is 2.17. The molecule has 1 N–H and O–H groups in total. The molecule has 1 saturated heterocycles. The highest BCUT2D eigenvalue weighted by Crippen LogP contribution is 2.20. The number of nitrogens with zero attached hydrogens (tertiary/aromatic N) is 2. The normalized spacial score (nSPS) is 20.0. The number of morpholine rings is 1. The van der Waals surface area contributed by atoms with Crippen molar-refractivity contribution in [2.75, 3.05) is 33.3 Å². The number of nitro benzene ring substituents is 1. The SMILES string of the molecule is Cc1c(CNCC2CN(C)CCO2)cccc1[N+](=O)[O-]. The molecule has 0 bridgehead atoms.